The molecule has 2 aromatic rings. The number of halogens is 1. The van der Waals surface area contributed by atoms with Crippen LogP contribution in [0, 0.1) is 5.82 Å². The van der Waals surface area contributed by atoms with Gasteiger partial charge in [0, 0.05) is 0 Å². The van der Waals surface area contributed by atoms with Crippen molar-refractivity contribution in [2.24, 2.45) is 0 Å². The lowest BCUT2D eigenvalue weighted by atomic mass is 9.93. The van der Waals surface area contributed by atoms with Gasteiger partial charge >= 0.3 is 0 Å². The van der Waals surface area contributed by atoms with Gasteiger partial charge in [0.2, 0.25) is 0 Å². The minimum atomic E-state index is -0.570. The minimum absolute atomic E-state index is 0.0495. The maximum absolute atomic E-state index is 13.6. The van der Waals surface area contributed by atoms with E-state index in [-0.39, 0.29) is 11.4 Å². The number of rotatable bonds is 4. The summed E-state index contributed by atoms with van der Waals surface area (Å²) in [6.07, 6.45) is 7.58. The molecule has 2 rings (SSSR count). The first-order valence-corrected chi connectivity index (χ1v) is 6.98. The standard InChI is InChI=1S/C19H19FN2/c1-3-5-8-13(4-2)15-9-6-7-10-16(15)14-11-17(21)19(20)18(22)12-14/h3-12H,1,21-22H2,2H3/b8-5-,13-4+. The van der Waals surface area contributed by atoms with Crippen LogP contribution in [0.2, 0.25) is 0 Å². The van der Waals surface area contributed by atoms with Crippen LogP contribution in [0.3, 0.4) is 0 Å². The van der Waals surface area contributed by atoms with Gasteiger partial charge in [-0.05, 0) is 41.3 Å². The summed E-state index contributed by atoms with van der Waals surface area (Å²) in [5.41, 5.74) is 15.3. The second-order valence-electron chi connectivity index (χ2n) is 4.85. The Morgan fingerprint density at radius 1 is 1.14 bits per heavy atom. The van der Waals surface area contributed by atoms with Crippen LogP contribution < -0.4 is 11.5 Å². The molecule has 0 saturated heterocycles. The van der Waals surface area contributed by atoms with Crippen LogP contribution in [0.4, 0.5) is 15.8 Å². The first-order chi connectivity index (χ1) is 10.6. The zero-order chi connectivity index (χ0) is 16.1. The highest BCUT2D eigenvalue weighted by molar-refractivity contribution is 5.87. The highest BCUT2D eigenvalue weighted by Crippen LogP contribution is 2.33. The van der Waals surface area contributed by atoms with Gasteiger partial charge < -0.3 is 11.5 Å². The molecule has 0 aromatic heterocycles. The third-order valence-electron chi connectivity index (χ3n) is 3.40. The van der Waals surface area contributed by atoms with E-state index in [2.05, 4.69) is 6.58 Å². The fourth-order valence-electron chi connectivity index (χ4n) is 2.33. The van der Waals surface area contributed by atoms with E-state index in [1.54, 1.807) is 18.2 Å². The van der Waals surface area contributed by atoms with Crippen molar-refractivity contribution in [3.63, 3.8) is 0 Å². The lowest BCUT2D eigenvalue weighted by Gasteiger charge is -2.12. The molecule has 0 aliphatic rings. The Morgan fingerprint density at radius 3 is 2.36 bits per heavy atom. The van der Waals surface area contributed by atoms with Gasteiger partial charge in [-0.3, -0.25) is 0 Å². The molecule has 22 heavy (non-hydrogen) atoms. The highest BCUT2D eigenvalue weighted by atomic mass is 19.1. The van der Waals surface area contributed by atoms with Gasteiger partial charge in [0.25, 0.3) is 0 Å². The number of allylic oxidation sites excluding steroid dienone is 5. The Labute approximate surface area is 130 Å². The van der Waals surface area contributed by atoms with E-state index in [4.69, 9.17) is 11.5 Å². The largest absolute Gasteiger partial charge is 0.396 e. The van der Waals surface area contributed by atoms with Crippen molar-refractivity contribution in [1.82, 2.24) is 0 Å². The van der Waals surface area contributed by atoms with E-state index in [1.807, 2.05) is 49.4 Å². The third kappa shape index (κ3) is 3.09. The molecule has 3 heteroatoms. The molecule has 0 spiro atoms. The predicted molar refractivity (Wildman–Crippen MR) is 93.6 cm³/mol. The Kier molecular flexibility index (Phi) is 4.79. The molecule has 2 aromatic carbocycles. The van der Waals surface area contributed by atoms with Crippen LogP contribution in [-0.2, 0) is 0 Å². The maximum atomic E-state index is 13.6. The number of hydrogen-bond donors (Lipinski definition) is 2. The molecular formula is C19H19FN2. The molecule has 0 unspecified atom stereocenters. The predicted octanol–water partition coefficient (Wildman–Crippen LogP) is 4.80. The number of benzene rings is 2. The number of nitrogens with two attached hydrogens (primary N) is 2. The fraction of sp³-hybridized carbons (Fsp3) is 0.0526. The molecule has 2 nitrogen and oxygen atoms in total. The van der Waals surface area contributed by atoms with Gasteiger partial charge in [0.1, 0.15) is 0 Å². The number of nitrogen functional groups attached to an aromatic ring is 2. The summed E-state index contributed by atoms with van der Waals surface area (Å²) in [7, 11) is 0. The Bertz CT molecular complexity index is 735. The van der Waals surface area contributed by atoms with Crippen molar-refractivity contribution in [2.45, 2.75) is 6.92 Å². The van der Waals surface area contributed by atoms with Crippen molar-refractivity contribution in [3.8, 4) is 11.1 Å². The van der Waals surface area contributed by atoms with Crippen molar-refractivity contribution >= 4 is 16.9 Å². The van der Waals surface area contributed by atoms with Gasteiger partial charge in [0.15, 0.2) is 5.82 Å². The van der Waals surface area contributed by atoms with Crippen LogP contribution in [0.25, 0.3) is 16.7 Å². The van der Waals surface area contributed by atoms with Crippen molar-refractivity contribution in [2.75, 3.05) is 11.5 Å². The Morgan fingerprint density at radius 2 is 1.77 bits per heavy atom. The molecule has 4 N–H and O–H groups in total. The van der Waals surface area contributed by atoms with Gasteiger partial charge in [-0.15, -0.1) is 0 Å². The molecular weight excluding hydrogens is 275 g/mol. The van der Waals surface area contributed by atoms with E-state index in [1.165, 1.54) is 0 Å². The summed E-state index contributed by atoms with van der Waals surface area (Å²) in [6.45, 7) is 5.65. The molecule has 0 radical (unpaired) electrons. The van der Waals surface area contributed by atoms with Crippen molar-refractivity contribution < 1.29 is 4.39 Å². The second kappa shape index (κ2) is 6.76. The topological polar surface area (TPSA) is 52.0 Å². The molecule has 0 aliphatic carbocycles. The lowest BCUT2D eigenvalue weighted by Crippen LogP contribution is -1.98. The quantitative estimate of drug-likeness (QED) is 0.628. The fourth-order valence-corrected chi connectivity index (χ4v) is 2.33. The monoisotopic (exact) mass is 294 g/mol. The van der Waals surface area contributed by atoms with Crippen molar-refractivity contribution in [1.29, 1.82) is 0 Å². The van der Waals surface area contributed by atoms with Crippen LogP contribution in [-0.4, -0.2) is 0 Å². The van der Waals surface area contributed by atoms with Crippen LogP contribution >= 0.6 is 0 Å². The van der Waals surface area contributed by atoms with Gasteiger partial charge in [0.05, 0.1) is 11.4 Å². The van der Waals surface area contributed by atoms with E-state index in [0.717, 1.165) is 22.3 Å². The summed E-state index contributed by atoms with van der Waals surface area (Å²) in [4.78, 5) is 0. The summed E-state index contributed by atoms with van der Waals surface area (Å²) < 4.78 is 13.6. The smallest absolute Gasteiger partial charge is 0.168 e. The molecule has 0 amide bonds. The van der Waals surface area contributed by atoms with Crippen LogP contribution in [0.15, 0.2) is 67.3 Å². The van der Waals surface area contributed by atoms with E-state index in [0.29, 0.717) is 0 Å². The van der Waals surface area contributed by atoms with Crippen LogP contribution in [0.1, 0.15) is 12.5 Å². The van der Waals surface area contributed by atoms with E-state index < -0.39 is 5.82 Å². The first kappa shape index (κ1) is 15.6. The minimum Gasteiger partial charge on any atom is -0.396 e. The highest BCUT2D eigenvalue weighted by Gasteiger charge is 2.11. The average molecular weight is 294 g/mol. The zero-order valence-corrected chi connectivity index (χ0v) is 12.5. The summed E-state index contributed by atoms with van der Waals surface area (Å²) in [5.74, 6) is -0.570. The maximum Gasteiger partial charge on any atom is 0.168 e. The molecule has 0 fully saturated rings. The number of hydrogen-bond acceptors (Lipinski definition) is 2. The van der Waals surface area contributed by atoms with Crippen LogP contribution in [0.5, 0.6) is 0 Å². The molecule has 0 bridgehead atoms. The SMILES string of the molecule is C=C/C=C\C(=C/C)c1ccccc1-c1cc(N)c(F)c(N)c1. The summed E-state index contributed by atoms with van der Waals surface area (Å²) in [6, 6.07) is 11.1. The first-order valence-electron chi connectivity index (χ1n) is 6.98. The normalized spacial score (nSPS) is 11.8. The van der Waals surface area contributed by atoms with Crippen molar-refractivity contribution in [3.05, 3.63) is 78.7 Å². The van der Waals surface area contributed by atoms with E-state index >= 15 is 0 Å². The van der Waals surface area contributed by atoms with Gasteiger partial charge in [-0.2, -0.15) is 0 Å². The molecule has 0 heterocycles. The van der Waals surface area contributed by atoms with Gasteiger partial charge in [-0.25, -0.2) is 4.39 Å². The Hall–Kier alpha value is -2.81. The van der Waals surface area contributed by atoms with Gasteiger partial charge in [-0.1, -0.05) is 55.1 Å². The average Bonchev–Trinajstić information content (AvgIpc) is 2.53. The molecule has 112 valence electrons. The summed E-state index contributed by atoms with van der Waals surface area (Å²) in [5, 5.41) is 0. The second-order valence-corrected chi connectivity index (χ2v) is 4.85. The molecule has 0 aliphatic heterocycles. The Balaban J connectivity index is 2.63. The zero-order valence-electron chi connectivity index (χ0n) is 12.5. The van der Waals surface area contributed by atoms with E-state index in [9.17, 15) is 4.39 Å². The lowest BCUT2D eigenvalue weighted by molar-refractivity contribution is 0.637. The number of anilines is 2. The molecule has 0 saturated carbocycles. The third-order valence-corrected chi connectivity index (χ3v) is 3.40. The molecule has 0 atom stereocenters. The summed E-state index contributed by atoms with van der Waals surface area (Å²) >= 11 is 0.